The van der Waals surface area contributed by atoms with E-state index < -0.39 is 0 Å². The van der Waals surface area contributed by atoms with Crippen LogP contribution in [0.5, 0.6) is 0 Å². The molecule has 160 valence electrons. The lowest BCUT2D eigenvalue weighted by molar-refractivity contribution is -0.140. The number of anilines is 1. The summed E-state index contributed by atoms with van der Waals surface area (Å²) in [4.78, 5) is 18.5. The van der Waals surface area contributed by atoms with E-state index in [2.05, 4.69) is 43.4 Å². The first-order valence-corrected chi connectivity index (χ1v) is 11.7. The summed E-state index contributed by atoms with van der Waals surface area (Å²) in [5.74, 6) is 3.93. The summed E-state index contributed by atoms with van der Waals surface area (Å²) in [6.07, 6.45) is 7.19. The zero-order chi connectivity index (χ0) is 21.3. The molecule has 4 aliphatic rings. The standard InChI is InChI=1S/C26H30N4O/c1-15-5-4-6-21-16(2)7-22(27-24(15)21)30-23(8-17(3)29-30)28-25(31)26-12-18-9-19(13-26)11-20(10-18)14-26/h4-8,18-20H,9-14H2,1-3H3,(H,28,31). The van der Waals surface area contributed by atoms with Crippen LogP contribution in [0.1, 0.15) is 55.3 Å². The van der Waals surface area contributed by atoms with Crippen LogP contribution in [0.3, 0.4) is 0 Å². The van der Waals surface area contributed by atoms with Crippen molar-refractivity contribution in [1.29, 1.82) is 0 Å². The van der Waals surface area contributed by atoms with Crippen molar-refractivity contribution in [3.05, 3.63) is 47.2 Å². The number of aromatic nitrogens is 3. The van der Waals surface area contributed by atoms with Gasteiger partial charge in [0.15, 0.2) is 5.82 Å². The Balaban J connectivity index is 1.37. The van der Waals surface area contributed by atoms with E-state index in [1.807, 2.05) is 17.7 Å². The van der Waals surface area contributed by atoms with Crippen molar-refractivity contribution >= 4 is 22.6 Å². The van der Waals surface area contributed by atoms with Crippen LogP contribution in [0, 0.1) is 43.9 Å². The molecule has 0 aliphatic heterocycles. The highest BCUT2D eigenvalue weighted by molar-refractivity contribution is 5.95. The minimum atomic E-state index is -0.179. The van der Waals surface area contributed by atoms with E-state index in [-0.39, 0.29) is 11.3 Å². The fourth-order valence-corrected chi connectivity index (χ4v) is 7.05. The number of carbonyl (C=O) groups is 1. The number of rotatable bonds is 3. The molecule has 4 fully saturated rings. The van der Waals surface area contributed by atoms with Crippen molar-refractivity contribution in [1.82, 2.24) is 14.8 Å². The Bertz CT molecular complexity index is 1170. The number of benzene rings is 1. The highest BCUT2D eigenvalue weighted by atomic mass is 16.2. The molecule has 1 aromatic carbocycles. The van der Waals surface area contributed by atoms with Crippen molar-refractivity contribution < 1.29 is 4.79 Å². The number of carbonyl (C=O) groups excluding carboxylic acids is 1. The van der Waals surface area contributed by atoms with Gasteiger partial charge in [0.05, 0.1) is 16.6 Å². The zero-order valence-electron chi connectivity index (χ0n) is 18.6. The van der Waals surface area contributed by atoms with E-state index in [0.29, 0.717) is 0 Å². The predicted octanol–water partition coefficient (Wildman–Crippen LogP) is 5.50. The molecule has 7 rings (SSSR count). The van der Waals surface area contributed by atoms with Crippen molar-refractivity contribution in [3.63, 3.8) is 0 Å². The third-order valence-corrected chi connectivity index (χ3v) is 8.04. The van der Waals surface area contributed by atoms with Gasteiger partial charge < -0.3 is 5.32 Å². The van der Waals surface area contributed by atoms with E-state index in [1.165, 1.54) is 19.3 Å². The summed E-state index contributed by atoms with van der Waals surface area (Å²) in [5.41, 5.74) is 4.00. The molecule has 4 aliphatic carbocycles. The molecule has 0 radical (unpaired) electrons. The molecule has 5 nitrogen and oxygen atoms in total. The van der Waals surface area contributed by atoms with Gasteiger partial charge in [-0.2, -0.15) is 9.78 Å². The second kappa shape index (κ2) is 6.65. The molecule has 4 saturated carbocycles. The summed E-state index contributed by atoms with van der Waals surface area (Å²) in [7, 11) is 0. The Morgan fingerprint density at radius 2 is 1.68 bits per heavy atom. The Kier molecular flexibility index (Phi) is 4.08. The maximum absolute atomic E-state index is 13.6. The largest absolute Gasteiger partial charge is 0.310 e. The molecule has 0 saturated heterocycles. The number of aryl methyl sites for hydroxylation is 3. The van der Waals surface area contributed by atoms with Gasteiger partial charge in [0, 0.05) is 11.5 Å². The Morgan fingerprint density at radius 3 is 2.35 bits per heavy atom. The Hall–Kier alpha value is -2.69. The second-order valence-electron chi connectivity index (χ2n) is 10.5. The lowest BCUT2D eigenvalue weighted by Crippen LogP contribution is -2.51. The predicted molar refractivity (Wildman–Crippen MR) is 122 cm³/mol. The maximum Gasteiger partial charge on any atom is 0.231 e. The molecule has 0 atom stereocenters. The van der Waals surface area contributed by atoms with Gasteiger partial charge in [-0.15, -0.1) is 0 Å². The number of hydrogen-bond donors (Lipinski definition) is 1. The average molecular weight is 415 g/mol. The van der Waals surface area contributed by atoms with Crippen LogP contribution in [0.25, 0.3) is 16.7 Å². The van der Waals surface area contributed by atoms with Crippen molar-refractivity contribution in [2.75, 3.05) is 5.32 Å². The van der Waals surface area contributed by atoms with Crippen molar-refractivity contribution in [2.24, 2.45) is 23.2 Å². The van der Waals surface area contributed by atoms with Crippen LogP contribution in [0.4, 0.5) is 5.82 Å². The first kappa shape index (κ1) is 19.0. The monoisotopic (exact) mass is 414 g/mol. The van der Waals surface area contributed by atoms with Crippen LogP contribution >= 0.6 is 0 Å². The number of fused-ring (bicyclic) bond motifs is 1. The summed E-state index contributed by atoms with van der Waals surface area (Å²) in [6, 6.07) is 10.3. The maximum atomic E-state index is 13.6. The van der Waals surface area contributed by atoms with Gasteiger partial charge in [-0.05, 0) is 94.2 Å². The third-order valence-electron chi connectivity index (χ3n) is 8.04. The quantitative estimate of drug-likeness (QED) is 0.615. The van der Waals surface area contributed by atoms with Gasteiger partial charge in [0.25, 0.3) is 0 Å². The Labute approximate surface area is 183 Å². The zero-order valence-corrected chi connectivity index (χ0v) is 18.6. The molecule has 0 spiro atoms. The minimum Gasteiger partial charge on any atom is -0.310 e. The highest BCUT2D eigenvalue weighted by Gasteiger charge is 2.54. The van der Waals surface area contributed by atoms with Crippen LogP contribution in [-0.4, -0.2) is 20.7 Å². The minimum absolute atomic E-state index is 0.179. The van der Waals surface area contributed by atoms with Crippen molar-refractivity contribution in [2.45, 2.75) is 59.3 Å². The average Bonchev–Trinajstić information content (AvgIpc) is 3.08. The molecule has 2 heterocycles. The van der Waals surface area contributed by atoms with Gasteiger partial charge in [0.1, 0.15) is 5.82 Å². The molecule has 5 heteroatoms. The van der Waals surface area contributed by atoms with Crippen LogP contribution in [0.15, 0.2) is 30.3 Å². The molecule has 4 bridgehead atoms. The molecule has 0 unspecified atom stereocenters. The number of nitrogens with one attached hydrogen (secondary N) is 1. The lowest BCUT2D eigenvalue weighted by atomic mass is 9.49. The lowest BCUT2D eigenvalue weighted by Gasteiger charge is -2.55. The van der Waals surface area contributed by atoms with Crippen molar-refractivity contribution in [3.8, 4) is 5.82 Å². The van der Waals surface area contributed by atoms with Gasteiger partial charge in [-0.1, -0.05) is 18.2 Å². The molecule has 3 aromatic rings. The first-order chi connectivity index (χ1) is 14.9. The van der Waals surface area contributed by atoms with Gasteiger partial charge in [-0.25, -0.2) is 4.98 Å². The number of nitrogens with zero attached hydrogens (tertiary/aromatic N) is 3. The third kappa shape index (κ3) is 3.00. The number of pyridine rings is 1. The normalized spacial score (nSPS) is 28.9. The van der Waals surface area contributed by atoms with Gasteiger partial charge in [0.2, 0.25) is 5.91 Å². The van der Waals surface area contributed by atoms with Gasteiger partial charge >= 0.3 is 0 Å². The fraction of sp³-hybridized carbons (Fsp3) is 0.500. The van der Waals surface area contributed by atoms with E-state index in [0.717, 1.165) is 76.4 Å². The van der Waals surface area contributed by atoms with E-state index >= 15 is 0 Å². The first-order valence-electron chi connectivity index (χ1n) is 11.7. The molecular formula is C26H30N4O. The van der Waals surface area contributed by atoms with Crippen LogP contribution in [0.2, 0.25) is 0 Å². The number of hydrogen-bond acceptors (Lipinski definition) is 3. The fourth-order valence-electron chi connectivity index (χ4n) is 7.05. The molecular weight excluding hydrogens is 384 g/mol. The highest BCUT2D eigenvalue weighted by Crippen LogP contribution is 2.60. The van der Waals surface area contributed by atoms with Crippen LogP contribution < -0.4 is 5.32 Å². The number of para-hydroxylation sites is 1. The smallest absolute Gasteiger partial charge is 0.231 e. The Morgan fingerprint density at radius 1 is 1.00 bits per heavy atom. The molecule has 1 amide bonds. The van der Waals surface area contributed by atoms with E-state index in [1.54, 1.807) is 0 Å². The second-order valence-corrected chi connectivity index (χ2v) is 10.5. The summed E-state index contributed by atoms with van der Waals surface area (Å²) < 4.78 is 1.81. The van der Waals surface area contributed by atoms with Gasteiger partial charge in [-0.3, -0.25) is 4.79 Å². The molecule has 2 aromatic heterocycles. The summed E-state index contributed by atoms with van der Waals surface area (Å²) in [6.45, 7) is 6.16. The summed E-state index contributed by atoms with van der Waals surface area (Å²) >= 11 is 0. The van der Waals surface area contributed by atoms with E-state index in [4.69, 9.17) is 10.1 Å². The summed E-state index contributed by atoms with van der Waals surface area (Å²) in [5, 5.41) is 9.15. The molecule has 31 heavy (non-hydrogen) atoms. The van der Waals surface area contributed by atoms with Crippen LogP contribution in [-0.2, 0) is 4.79 Å². The topological polar surface area (TPSA) is 59.8 Å². The molecule has 1 N–H and O–H groups in total. The SMILES string of the molecule is Cc1cc(NC(=O)C23CC4CC(CC(C4)C2)C3)n(-c2cc(C)c3cccc(C)c3n2)n1. The number of amides is 1. The van der Waals surface area contributed by atoms with E-state index in [9.17, 15) is 4.79 Å².